The number of rotatable bonds is 5. The number of aromatic hydroxyl groups is 1. The summed E-state index contributed by atoms with van der Waals surface area (Å²) in [5, 5.41) is 15.9. The van der Waals surface area contributed by atoms with Crippen molar-refractivity contribution < 1.29 is 14.6 Å². The van der Waals surface area contributed by atoms with Gasteiger partial charge in [0.2, 0.25) is 0 Å². The van der Waals surface area contributed by atoms with Crippen LogP contribution < -0.4 is 10.2 Å². The maximum Gasteiger partial charge on any atom is 0.277 e. The monoisotopic (exact) mass is 426 g/mol. The molecule has 3 aromatic rings. The zero-order valence-electron chi connectivity index (χ0n) is 15.0. The van der Waals surface area contributed by atoms with Gasteiger partial charge in [0.05, 0.1) is 10.7 Å². The Morgan fingerprint density at radius 2 is 2.00 bits per heavy atom. The standard InChI is InChI=1S/C21H19BrN2O3/c1-13-9-14(2)21(18(22)10-13)27-12-20(26)24-23-11-17-16-6-4-3-5-15(16)7-8-19(17)25/h3-11,25H,12H2,1-2H3,(H,24,26)/b23-11+. The van der Waals surface area contributed by atoms with Gasteiger partial charge in [-0.2, -0.15) is 5.10 Å². The Kier molecular flexibility index (Phi) is 5.76. The van der Waals surface area contributed by atoms with Gasteiger partial charge in [-0.15, -0.1) is 0 Å². The van der Waals surface area contributed by atoms with Crippen LogP contribution in [0.3, 0.4) is 0 Å². The van der Waals surface area contributed by atoms with Crippen molar-refractivity contribution in [2.45, 2.75) is 13.8 Å². The molecular weight excluding hydrogens is 408 g/mol. The van der Waals surface area contributed by atoms with Crippen molar-refractivity contribution in [2.75, 3.05) is 6.61 Å². The summed E-state index contributed by atoms with van der Waals surface area (Å²) >= 11 is 3.45. The quantitative estimate of drug-likeness (QED) is 0.467. The van der Waals surface area contributed by atoms with Gasteiger partial charge in [-0.05, 0) is 63.8 Å². The van der Waals surface area contributed by atoms with E-state index >= 15 is 0 Å². The first-order valence-corrected chi connectivity index (χ1v) is 9.17. The van der Waals surface area contributed by atoms with E-state index in [1.54, 1.807) is 6.07 Å². The minimum atomic E-state index is -0.391. The second-order valence-corrected chi connectivity index (χ2v) is 7.05. The van der Waals surface area contributed by atoms with E-state index in [-0.39, 0.29) is 12.4 Å². The number of ether oxygens (including phenoxy) is 1. The first kappa shape index (κ1) is 18.9. The Balaban J connectivity index is 1.66. The van der Waals surface area contributed by atoms with Crippen molar-refractivity contribution in [2.24, 2.45) is 5.10 Å². The molecule has 0 aliphatic rings. The summed E-state index contributed by atoms with van der Waals surface area (Å²) in [6.07, 6.45) is 1.43. The highest BCUT2D eigenvalue weighted by Crippen LogP contribution is 2.30. The number of halogens is 1. The van der Waals surface area contributed by atoms with Crippen LogP contribution in [0.25, 0.3) is 10.8 Å². The molecule has 0 saturated heterocycles. The Bertz CT molecular complexity index is 1010. The summed E-state index contributed by atoms with van der Waals surface area (Å²) in [5.74, 6) is 0.339. The largest absolute Gasteiger partial charge is 0.507 e. The lowest BCUT2D eigenvalue weighted by Crippen LogP contribution is -2.24. The van der Waals surface area contributed by atoms with Gasteiger partial charge in [-0.25, -0.2) is 5.43 Å². The lowest BCUT2D eigenvalue weighted by atomic mass is 10.0. The van der Waals surface area contributed by atoms with E-state index in [9.17, 15) is 9.90 Å². The zero-order chi connectivity index (χ0) is 19.4. The highest BCUT2D eigenvalue weighted by molar-refractivity contribution is 9.10. The third-order valence-corrected chi connectivity index (χ3v) is 4.64. The van der Waals surface area contributed by atoms with Crippen molar-refractivity contribution in [3.05, 3.63) is 69.7 Å². The second-order valence-electron chi connectivity index (χ2n) is 6.19. The molecule has 1 amide bonds. The van der Waals surface area contributed by atoms with E-state index < -0.39 is 5.91 Å². The number of carbonyl (C=O) groups excluding carboxylic acids is 1. The smallest absolute Gasteiger partial charge is 0.277 e. The van der Waals surface area contributed by atoms with Crippen LogP contribution in [-0.4, -0.2) is 23.8 Å². The van der Waals surface area contributed by atoms with Crippen LogP contribution in [0.4, 0.5) is 0 Å². The molecule has 0 atom stereocenters. The van der Waals surface area contributed by atoms with Gasteiger partial charge in [0.1, 0.15) is 11.5 Å². The minimum absolute atomic E-state index is 0.0992. The number of aryl methyl sites for hydroxylation is 2. The number of benzene rings is 3. The Hall–Kier alpha value is -2.86. The molecule has 0 aliphatic carbocycles. The molecule has 0 radical (unpaired) electrons. The SMILES string of the molecule is Cc1cc(C)c(OCC(=O)N/N=C/c2c(O)ccc3ccccc23)c(Br)c1. The number of nitrogens with zero attached hydrogens (tertiary/aromatic N) is 1. The molecule has 0 saturated carbocycles. The van der Waals surface area contributed by atoms with Crippen LogP contribution >= 0.6 is 15.9 Å². The molecule has 0 aliphatic heterocycles. The summed E-state index contributed by atoms with van der Waals surface area (Å²) in [5.41, 5.74) is 5.02. The van der Waals surface area contributed by atoms with Crippen molar-refractivity contribution in [3.63, 3.8) is 0 Å². The fourth-order valence-corrected chi connectivity index (χ4v) is 3.63. The predicted octanol–water partition coefficient (Wildman–Crippen LogP) is 4.45. The van der Waals surface area contributed by atoms with Crippen LogP contribution in [0, 0.1) is 13.8 Å². The Morgan fingerprint density at radius 3 is 2.78 bits per heavy atom. The first-order chi connectivity index (χ1) is 13.0. The molecule has 138 valence electrons. The average molecular weight is 427 g/mol. The highest BCUT2D eigenvalue weighted by Gasteiger charge is 2.09. The number of fused-ring (bicyclic) bond motifs is 1. The molecule has 3 rings (SSSR count). The lowest BCUT2D eigenvalue weighted by molar-refractivity contribution is -0.123. The number of hydrogen-bond acceptors (Lipinski definition) is 4. The number of hydrazone groups is 1. The van der Waals surface area contributed by atoms with E-state index in [0.717, 1.165) is 26.4 Å². The van der Waals surface area contributed by atoms with Crippen LogP contribution in [0.2, 0.25) is 0 Å². The average Bonchev–Trinajstić information content (AvgIpc) is 2.62. The molecule has 5 nitrogen and oxygen atoms in total. The van der Waals surface area contributed by atoms with Gasteiger partial charge in [0, 0.05) is 5.56 Å². The molecule has 27 heavy (non-hydrogen) atoms. The van der Waals surface area contributed by atoms with Crippen LogP contribution in [0.15, 0.2) is 58.1 Å². The van der Waals surface area contributed by atoms with Crippen LogP contribution in [0.5, 0.6) is 11.5 Å². The third kappa shape index (κ3) is 4.46. The number of phenolic OH excluding ortho intramolecular Hbond substituents is 1. The van der Waals surface area contributed by atoms with Gasteiger partial charge in [-0.3, -0.25) is 4.79 Å². The molecule has 0 aromatic heterocycles. The fourth-order valence-electron chi connectivity index (χ4n) is 2.84. The number of carbonyl (C=O) groups is 1. The van der Waals surface area contributed by atoms with Crippen molar-refractivity contribution in [1.82, 2.24) is 5.43 Å². The summed E-state index contributed by atoms with van der Waals surface area (Å²) in [7, 11) is 0. The molecule has 0 unspecified atom stereocenters. The maximum atomic E-state index is 12.0. The molecule has 0 fully saturated rings. The van der Waals surface area contributed by atoms with E-state index in [1.165, 1.54) is 6.21 Å². The van der Waals surface area contributed by atoms with E-state index in [1.807, 2.05) is 56.3 Å². The van der Waals surface area contributed by atoms with Gasteiger partial charge >= 0.3 is 0 Å². The van der Waals surface area contributed by atoms with Crippen molar-refractivity contribution in [3.8, 4) is 11.5 Å². The molecule has 6 heteroatoms. The predicted molar refractivity (Wildman–Crippen MR) is 110 cm³/mol. The maximum absolute atomic E-state index is 12.0. The van der Waals surface area contributed by atoms with Gasteiger partial charge in [-0.1, -0.05) is 36.4 Å². The van der Waals surface area contributed by atoms with Crippen LogP contribution in [0.1, 0.15) is 16.7 Å². The third-order valence-electron chi connectivity index (χ3n) is 4.05. The molecule has 0 bridgehead atoms. The molecule has 3 aromatic carbocycles. The summed E-state index contributed by atoms with van der Waals surface area (Å²) in [6.45, 7) is 3.75. The molecule has 0 heterocycles. The minimum Gasteiger partial charge on any atom is -0.507 e. The number of phenols is 1. The first-order valence-electron chi connectivity index (χ1n) is 8.38. The van der Waals surface area contributed by atoms with Gasteiger partial charge in [0.15, 0.2) is 6.61 Å². The number of hydrogen-bond donors (Lipinski definition) is 2. The topological polar surface area (TPSA) is 70.9 Å². The summed E-state index contributed by atoms with van der Waals surface area (Å²) in [6, 6.07) is 15.0. The van der Waals surface area contributed by atoms with Gasteiger partial charge < -0.3 is 9.84 Å². The van der Waals surface area contributed by atoms with E-state index in [4.69, 9.17) is 4.74 Å². The second kappa shape index (κ2) is 8.22. The Labute approximate surface area is 165 Å². The fraction of sp³-hybridized carbons (Fsp3) is 0.143. The summed E-state index contributed by atoms with van der Waals surface area (Å²) < 4.78 is 6.40. The van der Waals surface area contributed by atoms with Crippen molar-refractivity contribution in [1.29, 1.82) is 0 Å². The van der Waals surface area contributed by atoms with Crippen LogP contribution in [-0.2, 0) is 4.79 Å². The van der Waals surface area contributed by atoms with E-state index in [0.29, 0.717) is 11.3 Å². The lowest BCUT2D eigenvalue weighted by Gasteiger charge is -2.11. The highest BCUT2D eigenvalue weighted by atomic mass is 79.9. The normalized spacial score (nSPS) is 11.1. The number of amides is 1. The Morgan fingerprint density at radius 1 is 1.22 bits per heavy atom. The van der Waals surface area contributed by atoms with E-state index in [2.05, 4.69) is 26.5 Å². The number of nitrogens with one attached hydrogen (secondary N) is 1. The molecular formula is C21H19BrN2O3. The zero-order valence-corrected chi connectivity index (χ0v) is 16.6. The van der Waals surface area contributed by atoms with Gasteiger partial charge in [0.25, 0.3) is 5.91 Å². The van der Waals surface area contributed by atoms with Crippen molar-refractivity contribution >= 4 is 38.8 Å². The molecule has 2 N–H and O–H groups in total. The molecule has 0 spiro atoms. The summed E-state index contributed by atoms with van der Waals surface area (Å²) in [4.78, 5) is 12.0.